The topological polar surface area (TPSA) is 119 Å². The molecule has 0 aromatic heterocycles. The van der Waals surface area contributed by atoms with E-state index in [1.165, 1.54) is 7.11 Å². The van der Waals surface area contributed by atoms with Gasteiger partial charge in [-0.05, 0) is 38.2 Å². The third-order valence-electron chi connectivity index (χ3n) is 4.57. The van der Waals surface area contributed by atoms with E-state index in [-0.39, 0.29) is 31.3 Å². The minimum absolute atomic E-state index is 0.130. The van der Waals surface area contributed by atoms with Crippen molar-refractivity contribution in [1.29, 1.82) is 0 Å². The first-order valence-electron chi connectivity index (χ1n) is 11.4. The van der Waals surface area contributed by atoms with E-state index in [9.17, 15) is 14.4 Å². The highest BCUT2D eigenvalue weighted by atomic mass is 17.1. The molecule has 0 unspecified atom stereocenters. The molecule has 2 atom stereocenters. The van der Waals surface area contributed by atoms with E-state index in [0.717, 1.165) is 19.3 Å². The van der Waals surface area contributed by atoms with Crippen LogP contribution in [0.3, 0.4) is 0 Å². The second-order valence-electron chi connectivity index (χ2n) is 7.39. The van der Waals surface area contributed by atoms with Gasteiger partial charge in [0.1, 0.15) is 12.2 Å². The highest BCUT2D eigenvalue weighted by Gasteiger charge is 2.12. The van der Waals surface area contributed by atoms with Gasteiger partial charge in [0.15, 0.2) is 0 Å². The number of aliphatic carboxylic acids is 1. The lowest BCUT2D eigenvalue weighted by Gasteiger charge is -2.13. The minimum Gasteiger partial charge on any atom is -0.481 e. The van der Waals surface area contributed by atoms with Crippen molar-refractivity contribution in [3.63, 3.8) is 0 Å². The molecule has 0 aliphatic rings. The smallest absolute Gasteiger partial charge is 0.306 e. The van der Waals surface area contributed by atoms with Crippen LogP contribution in [0.25, 0.3) is 0 Å². The number of hydrogen-bond donors (Lipinski definition) is 2. The number of methoxy groups -OCH3 is 1. The molecule has 0 amide bonds. The van der Waals surface area contributed by atoms with Gasteiger partial charge in [0.2, 0.25) is 0 Å². The Morgan fingerprint density at radius 2 is 1.45 bits per heavy atom. The van der Waals surface area contributed by atoms with Crippen molar-refractivity contribution in [2.24, 2.45) is 0 Å². The minimum atomic E-state index is -1.02. The fourth-order valence-corrected chi connectivity index (χ4v) is 2.73. The van der Waals surface area contributed by atoms with Crippen LogP contribution in [0.4, 0.5) is 0 Å². The first-order valence-corrected chi connectivity index (χ1v) is 11.4. The summed E-state index contributed by atoms with van der Waals surface area (Å²) in [5.74, 6) is -1.81. The summed E-state index contributed by atoms with van der Waals surface area (Å²) in [6, 6.07) is 0. The van der Waals surface area contributed by atoms with Crippen LogP contribution in [0, 0.1) is 0 Å². The predicted molar refractivity (Wildman–Crippen MR) is 125 cm³/mol. The molecule has 0 saturated carbocycles. The Morgan fingerprint density at radius 3 is 2.03 bits per heavy atom. The van der Waals surface area contributed by atoms with E-state index in [2.05, 4.69) is 16.5 Å². The van der Waals surface area contributed by atoms with E-state index >= 15 is 0 Å². The predicted octanol–water partition coefficient (Wildman–Crippen LogP) is 5.16. The van der Waals surface area contributed by atoms with Crippen molar-refractivity contribution in [1.82, 2.24) is 0 Å². The van der Waals surface area contributed by atoms with Gasteiger partial charge in [0, 0.05) is 6.42 Å². The molecule has 0 heterocycles. The van der Waals surface area contributed by atoms with Gasteiger partial charge in [-0.1, -0.05) is 62.3 Å². The number of ether oxygens (including phenoxy) is 2. The van der Waals surface area contributed by atoms with Crippen LogP contribution in [0.1, 0.15) is 71.1 Å². The Bertz CT molecular complexity index is 663. The van der Waals surface area contributed by atoms with Crippen LogP contribution in [0.2, 0.25) is 0 Å². The van der Waals surface area contributed by atoms with Crippen LogP contribution in [0.15, 0.2) is 48.6 Å². The number of allylic oxidation sites excluding steroid dienone is 6. The zero-order valence-corrected chi connectivity index (χ0v) is 19.7. The highest BCUT2D eigenvalue weighted by molar-refractivity contribution is 5.76. The summed E-state index contributed by atoms with van der Waals surface area (Å²) in [4.78, 5) is 37.8. The SMILES string of the molecule is CCCCC[C@@H](/C=C/C=C\C/C=C\C=C\[C@H](CCCC(=O)OC)OO)OC(=O)CCC(=O)O. The van der Waals surface area contributed by atoms with E-state index in [1.54, 1.807) is 12.2 Å². The zero-order chi connectivity index (χ0) is 24.7. The molecule has 8 nitrogen and oxygen atoms in total. The summed E-state index contributed by atoms with van der Waals surface area (Å²) in [5.41, 5.74) is 0. The summed E-state index contributed by atoms with van der Waals surface area (Å²) >= 11 is 0. The van der Waals surface area contributed by atoms with Crippen molar-refractivity contribution in [2.75, 3.05) is 7.11 Å². The molecule has 0 spiro atoms. The molecule has 0 aliphatic carbocycles. The summed E-state index contributed by atoms with van der Waals surface area (Å²) in [6.45, 7) is 2.09. The maximum atomic E-state index is 11.8. The lowest BCUT2D eigenvalue weighted by molar-refractivity contribution is -0.267. The van der Waals surface area contributed by atoms with Crippen LogP contribution in [-0.4, -0.2) is 47.6 Å². The van der Waals surface area contributed by atoms with Gasteiger partial charge in [-0.25, -0.2) is 4.89 Å². The van der Waals surface area contributed by atoms with Crippen molar-refractivity contribution >= 4 is 17.9 Å². The molecule has 8 heteroatoms. The number of hydrogen-bond acceptors (Lipinski definition) is 7. The quantitative estimate of drug-likeness (QED) is 0.0881. The molecule has 0 fully saturated rings. The fourth-order valence-electron chi connectivity index (χ4n) is 2.73. The number of carboxylic acids is 1. The molecular formula is C25H38O8. The highest BCUT2D eigenvalue weighted by Crippen LogP contribution is 2.10. The number of rotatable bonds is 19. The Labute approximate surface area is 196 Å². The number of carboxylic acid groups (broad SMARTS) is 1. The normalized spacial score (nSPS) is 13.8. The Balaban J connectivity index is 4.40. The molecule has 0 rings (SSSR count). The van der Waals surface area contributed by atoms with Gasteiger partial charge >= 0.3 is 17.9 Å². The maximum absolute atomic E-state index is 11.8. The molecule has 0 aliphatic heterocycles. The molecular weight excluding hydrogens is 428 g/mol. The van der Waals surface area contributed by atoms with Crippen molar-refractivity contribution < 1.29 is 39.1 Å². The van der Waals surface area contributed by atoms with Gasteiger partial charge in [-0.2, -0.15) is 0 Å². The van der Waals surface area contributed by atoms with Crippen molar-refractivity contribution in [3.05, 3.63) is 48.6 Å². The van der Waals surface area contributed by atoms with Crippen molar-refractivity contribution in [2.45, 2.75) is 83.3 Å². The second kappa shape index (κ2) is 21.2. The number of esters is 2. The Morgan fingerprint density at radius 1 is 0.818 bits per heavy atom. The molecule has 33 heavy (non-hydrogen) atoms. The Hall–Kier alpha value is -2.71. The maximum Gasteiger partial charge on any atom is 0.306 e. The summed E-state index contributed by atoms with van der Waals surface area (Å²) in [6.07, 6.45) is 19.2. The zero-order valence-electron chi connectivity index (χ0n) is 19.7. The summed E-state index contributed by atoms with van der Waals surface area (Å²) in [7, 11) is 1.34. The Kier molecular flexibility index (Phi) is 19.4. The number of carbonyl (C=O) groups is 3. The first-order chi connectivity index (χ1) is 15.9. The standard InChI is InChI=1S/C25H38O8/c1-3-4-10-14-21(32-25(29)20-19-23(26)27)15-11-8-6-5-7-9-12-16-22(33-30)17-13-18-24(28)31-2/h6-9,11-12,15-16,21-22,30H,3-5,10,13-14,17-20H2,1-2H3,(H,26,27)/b8-6-,9-7-,15-11+,16-12+/t21-,22+/m0/s1. The molecule has 0 radical (unpaired) electrons. The third kappa shape index (κ3) is 19.7. The fraction of sp³-hybridized carbons (Fsp3) is 0.560. The first kappa shape index (κ1) is 30.3. The van der Waals surface area contributed by atoms with Gasteiger partial charge in [-0.3, -0.25) is 19.6 Å². The molecule has 0 aromatic rings. The van der Waals surface area contributed by atoms with E-state index in [0.29, 0.717) is 25.7 Å². The van der Waals surface area contributed by atoms with Crippen molar-refractivity contribution in [3.8, 4) is 0 Å². The summed E-state index contributed by atoms with van der Waals surface area (Å²) < 4.78 is 9.95. The monoisotopic (exact) mass is 466 g/mol. The van der Waals surface area contributed by atoms with Gasteiger partial charge in [-0.15, -0.1) is 0 Å². The molecule has 0 aromatic carbocycles. The van der Waals surface area contributed by atoms with Gasteiger partial charge in [0.05, 0.1) is 20.0 Å². The van der Waals surface area contributed by atoms with Crippen LogP contribution < -0.4 is 0 Å². The van der Waals surface area contributed by atoms with Crippen LogP contribution >= 0.6 is 0 Å². The van der Waals surface area contributed by atoms with Crippen LogP contribution in [-0.2, 0) is 28.7 Å². The van der Waals surface area contributed by atoms with E-state index in [4.69, 9.17) is 15.1 Å². The molecule has 2 N–H and O–H groups in total. The van der Waals surface area contributed by atoms with Gasteiger partial charge < -0.3 is 14.6 Å². The number of unbranched alkanes of at least 4 members (excludes halogenated alkanes) is 2. The third-order valence-corrected chi connectivity index (χ3v) is 4.57. The number of carbonyl (C=O) groups excluding carboxylic acids is 2. The largest absolute Gasteiger partial charge is 0.481 e. The van der Waals surface area contributed by atoms with E-state index in [1.807, 2.05) is 36.5 Å². The van der Waals surface area contributed by atoms with E-state index < -0.39 is 18.0 Å². The van der Waals surface area contributed by atoms with Gasteiger partial charge in [0.25, 0.3) is 0 Å². The summed E-state index contributed by atoms with van der Waals surface area (Å²) in [5, 5.41) is 17.6. The van der Waals surface area contributed by atoms with Crippen LogP contribution in [0.5, 0.6) is 0 Å². The average Bonchev–Trinajstić information content (AvgIpc) is 2.80. The lowest BCUT2D eigenvalue weighted by Crippen LogP contribution is -2.17. The molecule has 0 bridgehead atoms. The molecule has 0 saturated heterocycles. The average molecular weight is 467 g/mol. The molecule has 186 valence electrons. The second-order valence-corrected chi connectivity index (χ2v) is 7.39. The lowest BCUT2D eigenvalue weighted by atomic mass is 10.1.